The molecule has 0 spiro atoms. The van der Waals surface area contributed by atoms with Gasteiger partial charge in [-0.3, -0.25) is 4.72 Å². The van der Waals surface area contributed by atoms with Gasteiger partial charge in [0.2, 0.25) is 20.0 Å². The minimum absolute atomic E-state index is 0.136. The zero-order valence-corrected chi connectivity index (χ0v) is 14.3. The van der Waals surface area contributed by atoms with Gasteiger partial charge in [0.25, 0.3) is 0 Å². The maximum atomic E-state index is 14.0. The zero-order chi connectivity index (χ0) is 17.1. The SMILES string of the molecule is CCCS(=O)(=O)Nc1ccc(S(=O)(=O)NC2CCNC2)cc1F. The predicted octanol–water partition coefficient (Wildman–Crippen LogP) is 0.618. The maximum Gasteiger partial charge on any atom is 0.240 e. The molecule has 0 amide bonds. The lowest BCUT2D eigenvalue weighted by atomic mass is 10.3. The molecule has 0 bridgehead atoms. The molecule has 7 nitrogen and oxygen atoms in total. The highest BCUT2D eigenvalue weighted by molar-refractivity contribution is 7.92. The summed E-state index contributed by atoms with van der Waals surface area (Å²) in [5, 5.41) is 3.03. The summed E-state index contributed by atoms with van der Waals surface area (Å²) >= 11 is 0. The molecule has 3 N–H and O–H groups in total. The molecular formula is C13H20FN3O4S2. The molecule has 1 saturated heterocycles. The number of rotatable bonds is 7. The summed E-state index contributed by atoms with van der Waals surface area (Å²) in [6.45, 7) is 2.94. The molecular weight excluding hydrogens is 345 g/mol. The number of sulfonamides is 2. The Labute approximate surface area is 135 Å². The minimum atomic E-state index is -3.84. The molecule has 0 aromatic heterocycles. The zero-order valence-electron chi connectivity index (χ0n) is 12.7. The van der Waals surface area contributed by atoms with Crippen molar-refractivity contribution in [3.63, 3.8) is 0 Å². The largest absolute Gasteiger partial charge is 0.315 e. The molecule has 10 heteroatoms. The monoisotopic (exact) mass is 365 g/mol. The Bertz CT molecular complexity index is 759. The van der Waals surface area contributed by atoms with E-state index in [1.165, 1.54) is 6.07 Å². The quantitative estimate of drug-likeness (QED) is 0.657. The standard InChI is InChI=1S/C13H20FN3O4S2/c1-2-7-22(18,19)17-13-4-3-11(8-12(13)14)23(20,21)16-10-5-6-15-9-10/h3-4,8,10,15-17H,2,5-7,9H2,1H3. The van der Waals surface area contributed by atoms with Gasteiger partial charge in [-0.25, -0.2) is 25.9 Å². The first-order valence-electron chi connectivity index (χ1n) is 7.26. The summed E-state index contributed by atoms with van der Waals surface area (Å²) in [6, 6.07) is 2.88. The van der Waals surface area contributed by atoms with E-state index in [4.69, 9.17) is 0 Å². The van der Waals surface area contributed by atoms with Crippen LogP contribution in [0.3, 0.4) is 0 Å². The third-order valence-corrected chi connectivity index (χ3v) is 6.37. The molecule has 23 heavy (non-hydrogen) atoms. The molecule has 0 saturated carbocycles. The van der Waals surface area contributed by atoms with Gasteiger partial charge in [0.15, 0.2) is 0 Å². The van der Waals surface area contributed by atoms with Crippen LogP contribution in [0.2, 0.25) is 0 Å². The van der Waals surface area contributed by atoms with Crippen molar-refractivity contribution in [3.05, 3.63) is 24.0 Å². The summed E-state index contributed by atoms with van der Waals surface area (Å²) in [6.07, 6.45) is 1.05. The summed E-state index contributed by atoms with van der Waals surface area (Å²) in [5.74, 6) is -1.07. The lowest BCUT2D eigenvalue weighted by molar-refractivity contribution is 0.558. The van der Waals surface area contributed by atoms with Crippen molar-refractivity contribution in [2.75, 3.05) is 23.6 Å². The second kappa shape index (κ2) is 7.12. The van der Waals surface area contributed by atoms with E-state index in [1.807, 2.05) is 0 Å². The van der Waals surface area contributed by atoms with Crippen LogP contribution in [-0.4, -0.2) is 41.7 Å². The van der Waals surface area contributed by atoms with Gasteiger partial charge < -0.3 is 5.32 Å². The van der Waals surface area contributed by atoms with E-state index in [1.54, 1.807) is 6.92 Å². The maximum absolute atomic E-state index is 14.0. The fourth-order valence-corrected chi connectivity index (χ4v) is 4.70. The van der Waals surface area contributed by atoms with Crippen LogP contribution in [0.25, 0.3) is 0 Å². The molecule has 0 aliphatic carbocycles. The topological polar surface area (TPSA) is 104 Å². The molecule has 1 aromatic rings. The first kappa shape index (κ1) is 18.1. The molecule has 1 aliphatic rings. The highest BCUT2D eigenvalue weighted by atomic mass is 32.2. The van der Waals surface area contributed by atoms with Crippen molar-refractivity contribution < 1.29 is 21.2 Å². The van der Waals surface area contributed by atoms with Crippen LogP contribution in [0.1, 0.15) is 19.8 Å². The third kappa shape index (κ3) is 4.87. The average molecular weight is 365 g/mol. The highest BCUT2D eigenvalue weighted by Gasteiger charge is 2.24. The Morgan fingerprint density at radius 1 is 1.30 bits per heavy atom. The first-order chi connectivity index (χ1) is 10.7. The molecule has 1 fully saturated rings. The van der Waals surface area contributed by atoms with Crippen LogP contribution in [0.15, 0.2) is 23.1 Å². The van der Waals surface area contributed by atoms with Crippen molar-refractivity contribution in [2.45, 2.75) is 30.7 Å². The van der Waals surface area contributed by atoms with E-state index in [0.717, 1.165) is 18.7 Å². The van der Waals surface area contributed by atoms with E-state index >= 15 is 0 Å². The Hall–Kier alpha value is -1.23. The van der Waals surface area contributed by atoms with E-state index in [-0.39, 0.29) is 22.4 Å². The molecule has 1 unspecified atom stereocenters. The molecule has 1 heterocycles. The smallest absolute Gasteiger partial charge is 0.240 e. The van der Waals surface area contributed by atoms with Gasteiger partial charge in [0.1, 0.15) is 5.82 Å². The van der Waals surface area contributed by atoms with Gasteiger partial charge in [-0.15, -0.1) is 0 Å². The summed E-state index contributed by atoms with van der Waals surface area (Å²) in [4.78, 5) is -0.236. The summed E-state index contributed by atoms with van der Waals surface area (Å²) < 4.78 is 66.3. The van der Waals surface area contributed by atoms with Crippen molar-refractivity contribution in [1.82, 2.24) is 10.0 Å². The number of nitrogens with one attached hydrogen (secondary N) is 3. The second-order valence-corrected chi connectivity index (χ2v) is 8.93. The first-order valence-corrected chi connectivity index (χ1v) is 10.4. The Kier molecular flexibility index (Phi) is 5.61. The van der Waals surface area contributed by atoms with Gasteiger partial charge in [-0.05, 0) is 37.6 Å². The number of hydrogen-bond acceptors (Lipinski definition) is 5. The van der Waals surface area contributed by atoms with Crippen LogP contribution < -0.4 is 14.8 Å². The predicted molar refractivity (Wildman–Crippen MR) is 85.7 cm³/mol. The van der Waals surface area contributed by atoms with Crippen molar-refractivity contribution >= 4 is 25.7 Å². The van der Waals surface area contributed by atoms with Gasteiger partial charge in [0.05, 0.1) is 16.3 Å². The van der Waals surface area contributed by atoms with Gasteiger partial charge in [0, 0.05) is 12.6 Å². The fraction of sp³-hybridized carbons (Fsp3) is 0.538. The summed E-state index contributed by atoms with van der Waals surface area (Å²) in [5.41, 5.74) is -0.264. The van der Waals surface area contributed by atoms with Crippen LogP contribution in [0.5, 0.6) is 0 Å². The number of halogens is 1. The van der Waals surface area contributed by atoms with Crippen molar-refractivity contribution in [1.29, 1.82) is 0 Å². The lowest BCUT2D eigenvalue weighted by Gasteiger charge is -2.13. The lowest BCUT2D eigenvalue weighted by Crippen LogP contribution is -2.36. The molecule has 1 aliphatic heterocycles. The van der Waals surface area contributed by atoms with Gasteiger partial charge >= 0.3 is 0 Å². The molecule has 1 atom stereocenters. The second-order valence-electron chi connectivity index (χ2n) is 5.37. The van der Waals surface area contributed by atoms with Crippen molar-refractivity contribution in [3.8, 4) is 0 Å². The van der Waals surface area contributed by atoms with Crippen LogP contribution in [0.4, 0.5) is 10.1 Å². The van der Waals surface area contributed by atoms with E-state index in [2.05, 4.69) is 14.8 Å². The van der Waals surface area contributed by atoms with E-state index in [9.17, 15) is 21.2 Å². The number of hydrogen-bond donors (Lipinski definition) is 3. The Morgan fingerprint density at radius 2 is 2.04 bits per heavy atom. The number of anilines is 1. The van der Waals surface area contributed by atoms with Crippen LogP contribution in [0, 0.1) is 5.82 Å². The molecule has 1 aromatic carbocycles. The molecule has 0 radical (unpaired) electrons. The van der Waals surface area contributed by atoms with Crippen LogP contribution in [-0.2, 0) is 20.0 Å². The van der Waals surface area contributed by atoms with E-state index in [0.29, 0.717) is 19.4 Å². The van der Waals surface area contributed by atoms with Gasteiger partial charge in [-0.1, -0.05) is 6.92 Å². The van der Waals surface area contributed by atoms with Crippen molar-refractivity contribution in [2.24, 2.45) is 0 Å². The minimum Gasteiger partial charge on any atom is -0.315 e. The van der Waals surface area contributed by atoms with Gasteiger partial charge in [-0.2, -0.15) is 0 Å². The molecule has 2 rings (SSSR count). The Balaban J connectivity index is 2.18. The molecule has 130 valence electrons. The summed E-state index contributed by atoms with van der Waals surface area (Å²) in [7, 11) is -7.48. The Morgan fingerprint density at radius 3 is 2.61 bits per heavy atom. The average Bonchev–Trinajstić information content (AvgIpc) is 2.92. The third-order valence-electron chi connectivity index (χ3n) is 3.37. The fourth-order valence-electron chi connectivity index (χ4n) is 2.28. The normalized spacial score (nSPS) is 19.0. The van der Waals surface area contributed by atoms with E-state index < -0.39 is 25.9 Å². The number of benzene rings is 1. The highest BCUT2D eigenvalue weighted by Crippen LogP contribution is 2.20. The van der Waals surface area contributed by atoms with Crippen LogP contribution >= 0.6 is 0 Å².